The summed E-state index contributed by atoms with van der Waals surface area (Å²) in [5, 5.41) is 5.27. The first kappa shape index (κ1) is 24.3. The summed E-state index contributed by atoms with van der Waals surface area (Å²) in [6.07, 6.45) is 4.24. The highest BCUT2D eigenvalue weighted by Crippen LogP contribution is 2.17. The quantitative estimate of drug-likeness (QED) is 0.218. The van der Waals surface area contributed by atoms with Gasteiger partial charge < -0.3 is 15.4 Å². The highest BCUT2D eigenvalue weighted by molar-refractivity contribution is 7.98. The average molecular weight is 429 g/mol. The van der Waals surface area contributed by atoms with E-state index in [9.17, 15) is 14.4 Å². The van der Waals surface area contributed by atoms with Crippen molar-refractivity contribution in [3.8, 4) is 5.75 Å². The number of ether oxygens (including phenoxy) is 1. The molecule has 3 atom stereocenters. The van der Waals surface area contributed by atoms with Crippen LogP contribution in [-0.4, -0.2) is 42.4 Å². The summed E-state index contributed by atoms with van der Waals surface area (Å²) >= 11 is 7.35. The zero-order valence-corrected chi connectivity index (χ0v) is 18.1. The van der Waals surface area contributed by atoms with Crippen LogP contribution in [0.2, 0.25) is 0 Å². The van der Waals surface area contributed by atoms with Crippen LogP contribution < -0.4 is 15.4 Å². The minimum atomic E-state index is -0.791. The third-order valence-corrected chi connectivity index (χ3v) is 5.38. The number of hydrogen-bond acceptors (Lipinski definition) is 5. The number of carbonyl (C=O) groups excluding carboxylic acids is 3. The van der Waals surface area contributed by atoms with Crippen LogP contribution in [0.25, 0.3) is 0 Å². The zero-order valence-electron chi connectivity index (χ0n) is 16.6. The minimum absolute atomic E-state index is 0.222. The van der Waals surface area contributed by atoms with Gasteiger partial charge in [0.1, 0.15) is 17.8 Å². The molecule has 2 amide bonds. The molecule has 0 spiro atoms. The Morgan fingerprint density at radius 1 is 1.25 bits per heavy atom. The van der Waals surface area contributed by atoms with E-state index in [1.165, 1.54) is 0 Å². The van der Waals surface area contributed by atoms with Crippen LogP contribution >= 0.6 is 23.4 Å². The van der Waals surface area contributed by atoms with Crippen LogP contribution in [0.4, 0.5) is 0 Å². The highest BCUT2D eigenvalue weighted by Gasteiger charge is 2.28. The molecule has 0 bridgehead atoms. The molecule has 1 rings (SSSR count). The number of thioether (sulfide) groups is 1. The third-order valence-electron chi connectivity index (χ3n) is 4.43. The van der Waals surface area contributed by atoms with Crippen molar-refractivity contribution in [2.45, 2.75) is 51.1 Å². The summed E-state index contributed by atoms with van der Waals surface area (Å²) in [5.74, 6) is 0.798. The van der Waals surface area contributed by atoms with Gasteiger partial charge in [-0.2, -0.15) is 11.8 Å². The summed E-state index contributed by atoms with van der Waals surface area (Å²) in [6, 6.07) is 5.44. The standard InChI is InChI=1S/C20H29ClN2O4S/c1-4-14(2)11-18(23-19(25)17(22-13-24)9-10-28-3)20(26)27-16-7-5-15(12-21)6-8-16/h5-8,13-14,17-18H,4,9-12H2,1-3H3,(H,22,24)(H,23,25). The van der Waals surface area contributed by atoms with Crippen LogP contribution in [0, 0.1) is 5.92 Å². The predicted octanol–water partition coefficient (Wildman–Crippen LogP) is 3.12. The first-order valence-corrected chi connectivity index (χ1v) is 11.2. The largest absolute Gasteiger partial charge is 0.425 e. The highest BCUT2D eigenvalue weighted by atomic mass is 35.5. The Bertz CT molecular complexity index is 627. The smallest absolute Gasteiger partial charge is 0.334 e. The fraction of sp³-hybridized carbons (Fsp3) is 0.550. The Labute approximate surface area is 176 Å². The molecule has 28 heavy (non-hydrogen) atoms. The van der Waals surface area contributed by atoms with Gasteiger partial charge >= 0.3 is 5.97 Å². The molecule has 6 nitrogen and oxygen atoms in total. The maximum absolute atomic E-state index is 12.7. The number of benzene rings is 1. The van der Waals surface area contributed by atoms with E-state index in [1.807, 2.05) is 20.1 Å². The SMILES string of the molecule is CCC(C)CC(NC(=O)C(CCSC)NC=O)C(=O)Oc1ccc(CCl)cc1. The summed E-state index contributed by atoms with van der Waals surface area (Å²) in [6.45, 7) is 4.03. The van der Waals surface area contributed by atoms with E-state index in [0.717, 1.165) is 12.0 Å². The minimum Gasteiger partial charge on any atom is -0.425 e. The number of rotatable bonds is 13. The van der Waals surface area contributed by atoms with E-state index in [4.69, 9.17) is 16.3 Å². The number of esters is 1. The van der Waals surface area contributed by atoms with Crippen molar-refractivity contribution >= 4 is 41.6 Å². The molecule has 156 valence electrons. The fourth-order valence-electron chi connectivity index (χ4n) is 2.50. The van der Waals surface area contributed by atoms with Gasteiger partial charge in [-0.3, -0.25) is 9.59 Å². The number of carbonyl (C=O) groups is 3. The van der Waals surface area contributed by atoms with Gasteiger partial charge in [-0.25, -0.2) is 4.79 Å². The maximum atomic E-state index is 12.7. The van der Waals surface area contributed by atoms with E-state index in [-0.39, 0.29) is 11.8 Å². The molecule has 0 heterocycles. The van der Waals surface area contributed by atoms with Gasteiger partial charge in [-0.1, -0.05) is 32.4 Å². The lowest BCUT2D eigenvalue weighted by Crippen LogP contribution is -2.51. The van der Waals surface area contributed by atoms with Gasteiger partial charge in [-0.15, -0.1) is 11.6 Å². The molecule has 0 aromatic heterocycles. The Hall–Kier alpha value is -1.73. The van der Waals surface area contributed by atoms with Gasteiger partial charge in [0, 0.05) is 5.88 Å². The predicted molar refractivity (Wildman–Crippen MR) is 114 cm³/mol. The van der Waals surface area contributed by atoms with Gasteiger partial charge in [0.2, 0.25) is 12.3 Å². The lowest BCUT2D eigenvalue weighted by atomic mass is 9.99. The molecule has 0 aliphatic heterocycles. The van der Waals surface area contributed by atoms with Gasteiger partial charge in [-0.05, 0) is 48.5 Å². The third kappa shape index (κ3) is 8.52. The van der Waals surface area contributed by atoms with E-state index < -0.39 is 18.1 Å². The monoisotopic (exact) mass is 428 g/mol. The topological polar surface area (TPSA) is 84.5 Å². The van der Waals surface area contributed by atoms with Gasteiger partial charge in [0.15, 0.2) is 0 Å². The van der Waals surface area contributed by atoms with Crippen LogP contribution in [-0.2, 0) is 20.3 Å². The normalized spacial score (nSPS) is 13.9. The summed E-state index contributed by atoms with van der Waals surface area (Å²) in [4.78, 5) is 36.1. The molecule has 0 fully saturated rings. The molecule has 2 N–H and O–H groups in total. The molecule has 8 heteroatoms. The van der Waals surface area contributed by atoms with Crippen LogP contribution in [0.15, 0.2) is 24.3 Å². The van der Waals surface area contributed by atoms with Crippen molar-refractivity contribution < 1.29 is 19.1 Å². The molecular weight excluding hydrogens is 400 g/mol. The first-order valence-electron chi connectivity index (χ1n) is 9.30. The Balaban J connectivity index is 2.85. The number of nitrogens with one attached hydrogen (secondary N) is 2. The lowest BCUT2D eigenvalue weighted by molar-refractivity contribution is -0.140. The Morgan fingerprint density at radius 2 is 1.93 bits per heavy atom. The molecule has 0 aliphatic rings. The van der Waals surface area contributed by atoms with Crippen molar-refractivity contribution in [1.82, 2.24) is 10.6 Å². The molecule has 3 unspecified atom stereocenters. The van der Waals surface area contributed by atoms with Crippen molar-refractivity contribution in [3.05, 3.63) is 29.8 Å². The Kier molecular flexibility index (Phi) is 11.7. The number of halogens is 1. The number of hydrogen-bond donors (Lipinski definition) is 2. The first-order chi connectivity index (χ1) is 13.4. The molecular formula is C20H29ClN2O4S. The van der Waals surface area contributed by atoms with E-state index >= 15 is 0 Å². The van der Waals surface area contributed by atoms with E-state index in [1.54, 1.807) is 36.0 Å². The van der Waals surface area contributed by atoms with E-state index in [0.29, 0.717) is 36.6 Å². The molecule has 0 saturated heterocycles. The number of amides is 2. The van der Waals surface area contributed by atoms with Crippen LogP contribution in [0.5, 0.6) is 5.75 Å². The molecule has 1 aromatic rings. The van der Waals surface area contributed by atoms with Crippen LogP contribution in [0.1, 0.15) is 38.7 Å². The molecule has 0 saturated carbocycles. The molecule has 0 radical (unpaired) electrons. The van der Waals surface area contributed by atoms with Crippen molar-refractivity contribution in [1.29, 1.82) is 0 Å². The van der Waals surface area contributed by atoms with Gasteiger partial charge in [0.05, 0.1) is 0 Å². The molecule has 0 aliphatic carbocycles. The van der Waals surface area contributed by atoms with Crippen LogP contribution in [0.3, 0.4) is 0 Å². The van der Waals surface area contributed by atoms with Gasteiger partial charge in [0.25, 0.3) is 0 Å². The van der Waals surface area contributed by atoms with Crippen molar-refractivity contribution in [3.63, 3.8) is 0 Å². The summed E-state index contributed by atoms with van der Waals surface area (Å²) in [7, 11) is 0. The van der Waals surface area contributed by atoms with E-state index in [2.05, 4.69) is 10.6 Å². The second-order valence-corrected chi connectivity index (χ2v) is 7.88. The number of alkyl halides is 1. The Morgan fingerprint density at radius 3 is 2.46 bits per heavy atom. The summed E-state index contributed by atoms with van der Waals surface area (Å²) < 4.78 is 5.45. The average Bonchev–Trinajstić information content (AvgIpc) is 2.70. The summed E-state index contributed by atoms with van der Waals surface area (Å²) in [5.41, 5.74) is 0.919. The lowest BCUT2D eigenvalue weighted by Gasteiger charge is -2.23. The maximum Gasteiger partial charge on any atom is 0.334 e. The second kappa shape index (κ2) is 13.4. The fourth-order valence-corrected chi connectivity index (χ4v) is 3.15. The zero-order chi connectivity index (χ0) is 20.9. The van der Waals surface area contributed by atoms with Crippen molar-refractivity contribution in [2.75, 3.05) is 12.0 Å². The molecule has 1 aromatic carbocycles. The van der Waals surface area contributed by atoms with Crippen molar-refractivity contribution in [2.24, 2.45) is 5.92 Å². The second-order valence-electron chi connectivity index (χ2n) is 6.63.